The molecule has 0 amide bonds. The average Bonchev–Trinajstić information content (AvgIpc) is 3.29. The molecule has 1 aliphatic heterocycles. The minimum atomic E-state index is 0.497. The predicted molar refractivity (Wildman–Crippen MR) is 93.7 cm³/mol. The van der Waals surface area contributed by atoms with Crippen LogP contribution in [0.25, 0.3) is 0 Å². The summed E-state index contributed by atoms with van der Waals surface area (Å²) in [6, 6.07) is 10.2. The number of rotatable bonds is 5. The van der Waals surface area contributed by atoms with E-state index < -0.39 is 0 Å². The molecule has 1 saturated heterocycles. The van der Waals surface area contributed by atoms with Crippen LogP contribution in [0.5, 0.6) is 0 Å². The summed E-state index contributed by atoms with van der Waals surface area (Å²) in [4.78, 5) is 20.1. The van der Waals surface area contributed by atoms with Gasteiger partial charge in [0.05, 0.1) is 0 Å². The van der Waals surface area contributed by atoms with Gasteiger partial charge in [0.1, 0.15) is 11.3 Å². The molecule has 0 bridgehead atoms. The van der Waals surface area contributed by atoms with E-state index in [-0.39, 0.29) is 0 Å². The van der Waals surface area contributed by atoms with Gasteiger partial charge in [-0.1, -0.05) is 30.3 Å². The maximum Gasteiger partial charge on any atom is 0.241 e. The van der Waals surface area contributed by atoms with Gasteiger partial charge in [-0.2, -0.15) is 19.3 Å². The third kappa shape index (κ3) is 3.48. The molecule has 2 aromatic heterocycles. The molecule has 24 heavy (non-hydrogen) atoms. The van der Waals surface area contributed by atoms with E-state index in [0.717, 1.165) is 24.9 Å². The summed E-state index contributed by atoms with van der Waals surface area (Å²) in [6.45, 7) is 1.98. The number of anilines is 3. The van der Waals surface area contributed by atoms with Gasteiger partial charge in [-0.05, 0) is 29.9 Å². The van der Waals surface area contributed by atoms with Gasteiger partial charge in [-0.3, -0.25) is 5.32 Å². The summed E-state index contributed by atoms with van der Waals surface area (Å²) in [5, 5.41) is 3.07. The predicted octanol–water partition coefficient (Wildman–Crippen LogP) is 2.66. The first-order chi connectivity index (χ1) is 11.9. The first kappa shape index (κ1) is 14.9. The fourth-order valence-electron chi connectivity index (χ4n) is 2.70. The van der Waals surface area contributed by atoms with Crippen molar-refractivity contribution in [3.63, 3.8) is 0 Å². The molecule has 0 spiro atoms. The van der Waals surface area contributed by atoms with Crippen LogP contribution in [-0.2, 0) is 6.42 Å². The SMILES string of the molecule is c1ccc(Cc2nc(Nc3ncsn3)nc(N3CCCC3)n2)cc1. The summed E-state index contributed by atoms with van der Waals surface area (Å²) in [7, 11) is 0. The zero-order valence-corrected chi connectivity index (χ0v) is 13.9. The van der Waals surface area contributed by atoms with Crippen LogP contribution in [-0.4, -0.2) is 37.4 Å². The Morgan fingerprint density at radius 2 is 1.83 bits per heavy atom. The lowest BCUT2D eigenvalue weighted by Crippen LogP contribution is -2.22. The molecule has 7 nitrogen and oxygen atoms in total. The van der Waals surface area contributed by atoms with E-state index in [1.165, 1.54) is 29.9 Å². The molecule has 0 saturated carbocycles. The monoisotopic (exact) mass is 339 g/mol. The van der Waals surface area contributed by atoms with Gasteiger partial charge in [-0.15, -0.1) is 0 Å². The molecular formula is C16H17N7S. The normalized spacial score (nSPS) is 14.1. The molecule has 0 aliphatic carbocycles. The molecule has 0 atom stereocenters. The van der Waals surface area contributed by atoms with Crippen molar-refractivity contribution in [1.82, 2.24) is 24.3 Å². The molecule has 3 heterocycles. The maximum absolute atomic E-state index is 4.67. The van der Waals surface area contributed by atoms with E-state index in [4.69, 9.17) is 0 Å². The summed E-state index contributed by atoms with van der Waals surface area (Å²) < 4.78 is 4.16. The van der Waals surface area contributed by atoms with Crippen LogP contribution >= 0.6 is 11.5 Å². The number of nitrogens with one attached hydrogen (secondary N) is 1. The molecule has 1 fully saturated rings. The number of hydrogen-bond donors (Lipinski definition) is 1. The van der Waals surface area contributed by atoms with Gasteiger partial charge in [0.2, 0.25) is 17.8 Å². The third-order valence-corrected chi connectivity index (χ3v) is 4.33. The minimum Gasteiger partial charge on any atom is -0.341 e. The van der Waals surface area contributed by atoms with Crippen molar-refractivity contribution in [2.75, 3.05) is 23.3 Å². The van der Waals surface area contributed by atoms with Crippen LogP contribution < -0.4 is 10.2 Å². The number of hydrogen-bond acceptors (Lipinski definition) is 8. The van der Waals surface area contributed by atoms with Gasteiger partial charge in [-0.25, -0.2) is 4.98 Å². The van der Waals surface area contributed by atoms with Crippen molar-refractivity contribution in [3.8, 4) is 0 Å². The molecule has 3 aromatic rings. The molecule has 4 rings (SSSR count). The van der Waals surface area contributed by atoms with Crippen LogP contribution in [0.2, 0.25) is 0 Å². The Bertz CT molecular complexity index is 785. The summed E-state index contributed by atoms with van der Waals surface area (Å²) in [5.74, 6) is 2.49. The molecule has 1 aromatic carbocycles. The quantitative estimate of drug-likeness (QED) is 0.765. The van der Waals surface area contributed by atoms with Gasteiger partial charge < -0.3 is 4.90 Å². The molecule has 1 N–H and O–H groups in total. The van der Waals surface area contributed by atoms with Crippen LogP contribution in [0.4, 0.5) is 17.8 Å². The zero-order valence-electron chi connectivity index (χ0n) is 13.1. The van der Waals surface area contributed by atoms with E-state index in [2.05, 4.69) is 46.7 Å². The van der Waals surface area contributed by atoms with Gasteiger partial charge in [0.25, 0.3) is 0 Å². The Labute approximate surface area is 144 Å². The van der Waals surface area contributed by atoms with Crippen molar-refractivity contribution < 1.29 is 0 Å². The highest BCUT2D eigenvalue weighted by molar-refractivity contribution is 7.03. The molecular weight excluding hydrogens is 322 g/mol. The zero-order chi connectivity index (χ0) is 16.2. The average molecular weight is 339 g/mol. The molecule has 0 unspecified atom stereocenters. The van der Waals surface area contributed by atoms with Gasteiger partial charge >= 0.3 is 0 Å². The van der Waals surface area contributed by atoms with E-state index in [1.54, 1.807) is 5.51 Å². The first-order valence-corrected chi connectivity index (χ1v) is 8.78. The highest BCUT2D eigenvalue weighted by atomic mass is 32.1. The summed E-state index contributed by atoms with van der Waals surface area (Å²) >= 11 is 1.29. The Hall–Kier alpha value is -2.61. The van der Waals surface area contributed by atoms with E-state index in [0.29, 0.717) is 18.3 Å². The van der Waals surface area contributed by atoms with Crippen molar-refractivity contribution >= 4 is 29.4 Å². The number of aromatic nitrogens is 5. The lowest BCUT2D eigenvalue weighted by atomic mass is 10.1. The van der Waals surface area contributed by atoms with Gasteiger partial charge in [0, 0.05) is 19.5 Å². The Morgan fingerprint density at radius 1 is 1.00 bits per heavy atom. The standard InChI is InChI=1S/C16H17N7S/c1-2-6-12(7-3-1)10-13-18-15(20-14-17-11-24-22-14)21-16(19-13)23-8-4-5-9-23/h1-3,6-7,11H,4-5,8-10H2,(H,18,19,20,21,22). The van der Waals surface area contributed by atoms with Crippen LogP contribution in [0.15, 0.2) is 35.8 Å². The summed E-state index contributed by atoms with van der Waals surface area (Å²) in [5.41, 5.74) is 2.85. The van der Waals surface area contributed by atoms with Crippen LogP contribution in [0, 0.1) is 0 Å². The lowest BCUT2D eigenvalue weighted by molar-refractivity contribution is 0.845. The van der Waals surface area contributed by atoms with E-state index in [1.807, 2.05) is 18.2 Å². The maximum atomic E-state index is 4.67. The fraction of sp³-hybridized carbons (Fsp3) is 0.312. The molecule has 0 radical (unpaired) electrons. The van der Waals surface area contributed by atoms with Gasteiger partial charge in [0.15, 0.2) is 0 Å². The van der Waals surface area contributed by atoms with Crippen molar-refractivity contribution in [2.45, 2.75) is 19.3 Å². The smallest absolute Gasteiger partial charge is 0.241 e. The Kier molecular flexibility index (Phi) is 4.28. The minimum absolute atomic E-state index is 0.497. The largest absolute Gasteiger partial charge is 0.341 e. The number of benzene rings is 1. The third-order valence-electron chi connectivity index (χ3n) is 3.85. The van der Waals surface area contributed by atoms with Crippen molar-refractivity contribution in [2.24, 2.45) is 0 Å². The Balaban J connectivity index is 1.64. The van der Waals surface area contributed by atoms with E-state index in [9.17, 15) is 0 Å². The van der Waals surface area contributed by atoms with Crippen molar-refractivity contribution in [1.29, 1.82) is 0 Å². The lowest BCUT2D eigenvalue weighted by Gasteiger charge is -2.16. The highest BCUT2D eigenvalue weighted by Crippen LogP contribution is 2.19. The second-order valence-electron chi connectivity index (χ2n) is 5.61. The van der Waals surface area contributed by atoms with E-state index >= 15 is 0 Å². The topological polar surface area (TPSA) is 79.7 Å². The number of nitrogens with zero attached hydrogens (tertiary/aromatic N) is 6. The first-order valence-electron chi connectivity index (χ1n) is 7.94. The Morgan fingerprint density at radius 3 is 2.58 bits per heavy atom. The van der Waals surface area contributed by atoms with Crippen molar-refractivity contribution in [3.05, 3.63) is 47.2 Å². The fourth-order valence-corrected chi connectivity index (χ4v) is 3.09. The van der Waals surface area contributed by atoms with Crippen LogP contribution in [0.3, 0.4) is 0 Å². The molecule has 1 aliphatic rings. The second-order valence-corrected chi connectivity index (χ2v) is 6.22. The molecule has 122 valence electrons. The molecule has 8 heteroatoms. The van der Waals surface area contributed by atoms with Crippen LogP contribution in [0.1, 0.15) is 24.2 Å². The summed E-state index contributed by atoms with van der Waals surface area (Å²) in [6.07, 6.45) is 3.02. The highest BCUT2D eigenvalue weighted by Gasteiger charge is 2.18. The second kappa shape index (κ2) is 6.88.